The van der Waals surface area contributed by atoms with Crippen molar-refractivity contribution in [1.82, 2.24) is 0 Å². The molecule has 1 aliphatic rings. The third-order valence-corrected chi connectivity index (χ3v) is 5.16. The predicted molar refractivity (Wildman–Crippen MR) is 90.5 cm³/mol. The summed E-state index contributed by atoms with van der Waals surface area (Å²) in [5, 5.41) is 11.6. The van der Waals surface area contributed by atoms with Gasteiger partial charge < -0.3 is 13.9 Å². The summed E-state index contributed by atoms with van der Waals surface area (Å²) in [5.41, 5.74) is 0.818. The molecule has 2 aromatic heterocycles. The van der Waals surface area contributed by atoms with Gasteiger partial charge in [0.25, 0.3) is 0 Å². The second kappa shape index (κ2) is 4.80. The van der Waals surface area contributed by atoms with E-state index in [2.05, 4.69) is 13.8 Å². The van der Waals surface area contributed by atoms with E-state index in [1.807, 2.05) is 6.07 Å². The van der Waals surface area contributed by atoms with Gasteiger partial charge in [-0.15, -0.1) is 0 Å². The molecule has 0 amide bonds. The van der Waals surface area contributed by atoms with Gasteiger partial charge in [0.2, 0.25) is 0 Å². The number of aliphatic hydroxyl groups excluding tert-OH is 1. The summed E-state index contributed by atoms with van der Waals surface area (Å²) in [6, 6.07) is 3.71. The monoisotopic (exact) mass is 326 g/mol. The third kappa shape index (κ3) is 1.91. The molecular formula is C19H18O5. The standard InChI is InChI=1S/C19H18O5/c1-9-8-23-16-10-4-5-11-15(12(20)6-7-19(11,2)3)14(10)18(22)24-17(21)13(9)16/h4-5,8,12,20H,6-7H2,1-3H3/t12-/m0/s1. The topological polar surface area (TPSA) is 80.7 Å². The van der Waals surface area contributed by atoms with Gasteiger partial charge >= 0.3 is 11.3 Å². The molecule has 24 heavy (non-hydrogen) atoms. The van der Waals surface area contributed by atoms with Gasteiger partial charge in [-0.3, -0.25) is 0 Å². The quantitative estimate of drug-likeness (QED) is 0.685. The zero-order valence-electron chi connectivity index (χ0n) is 13.8. The number of hydrogen-bond donors (Lipinski definition) is 1. The van der Waals surface area contributed by atoms with Crippen LogP contribution in [0.3, 0.4) is 0 Å². The lowest BCUT2D eigenvalue weighted by atomic mass is 9.71. The van der Waals surface area contributed by atoms with Gasteiger partial charge in [-0.1, -0.05) is 26.0 Å². The maximum atomic E-state index is 12.6. The number of fused-ring (bicyclic) bond motifs is 5. The zero-order chi connectivity index (χ0) is 17.2. The van der Waals surface area contributed by atoms with Gasteiger partial charge in [0.1, 0.15) is 11.0 Å². The fraction of sp³-hybridized carbons (Fsp3) is 0.368. The Morgan fingerprint density at radius 3 is 2.62 bits per heavy atom. The first-order valence-corrected chi connectivity index (χ1v) is 8.01. The molecule has 0 bridgehead atoms. The number of hydrogen-bond acceptors (Lipinski definition) is 5. The number of aryl methyl sites for hydroxylation is 1. The average molecular weight is 326 g/mol. The first-order chi connectivity index (χ1) is 11.3. The van der Waals surface area contributed by atoms with Crippen molar-refractivity contribution in [2.45, 2.75) is 45.1 Å². The van der Waals surface area contributed by atoms with E-state index in [1.54, 1.807) is 13.0 Å². The molecule has 0 saturated heterocycles. The van der Waals surface area contributed by atoms with Crippen LogP contribution in [-0.4, -0.2) is 5.11 Å². The number of aliphatic hydroxyl groups is 1. The van der Waals surface area contributed by atoms with Crippen LogP contribution >= 0.6 is 0 Å². The van der Waals surface area contributed by atoms with Crippen molar-refractivity contribution in [2.75, 3.05) is 0 Å². The molecule has 3 aromatic rings. The van der Waals surface area contributed by atoms with Crippen molar-refractivity contribution in [2.24, 2.45) is 0 Å². The van der Waals surface area contributed by atoms with Gasteiger partial charge in [-0.25, -0.2) is 9.59 Å². The van der Waals surface area contributed by atoms with E-state index in [4.69, 9.17) is 8.83 Å². The fourth-order valence-corrected chi connectivity index (χ4v) is 3.82. The molecule has 1 atom stereocenters. The van der Waals surface area contributed by atoms with E-state index in [9.17, 15) is 14.7 Å². The molecule has 4 rings (SSSR count). The summed E-state index contributed by atoms with van der Waals surface area (Å²) in [4.78, 5) is 24.9. The molecule has 0 saturated carbocycles. The summed E-state index contributed by atoms with van der Waals surface area (Å²) in [6.07, 6.45) is 2.09. The minimum atomic E-state index is -0.761. The van der Waals surface area contributed by atoms with Gasteiger partial charge in [0.15, 0.2) is 0 Å². The van der Waals surface area contributed by atoms with Crippen molar-refractivity contribution in [3.8, 4) is 0 Å². The molecule has 0 aliphatic heterocycles. The average Bonchev–Trinajstić information content (AvgIpc) is 2.86. The van der Waals surface area contributed by atoms with E-state index >= 15 is 0 Å². The summed E-state index contributed by atoms with van der Waals surface area (Å²) >= 11 is 0. The van der Waals surface area contributed by atoms with Crippen LogP contribution in [-0.2, 0) is 5.41 Å². The lowest BCUT2D eigenvalue weighted by Gasteiger charge is -2.35. The van der Waals surface area contributed by atoms with Crippen LogP contribution in [0.4, 0.5) is 0 Å². The normalized spacial score (nSPS) is 19.6. The lowest BCUT2D eigenvalue weighted by Crippen LogP contribution is -2.27. The molecule has 2 heterocycles. The highest BCUT2D eigenvalue weighted by molar-refractivity contribution is 6.04. The van der Waals surface area contributed by atoms with Gasteiger partial charge in [0.05, 0.1) is 17.8 Å². The van der Waals surface area contributed by atoms with Crippen molar-refractivity contribution in [3.63, 3.8) is 0 Å². The van der Waals surface area contributed by atoms with E-state index in [-0.39, 0.29) is 16.2 Å². The maximum absolute atomic E-state index is 12.6. The molecule has 0 spiro atoms. The summed E-state index contributed by atoms with van der Waals surface area (Å²) in [7, 11) is 0. The van der Waals surface area contributed by atoms with Crippen molar-refractivity contribution >= 4 is 21.7 Å². The lowest BCUT2D eigenvalue weighted by molar-refractivity contribution is 0.141. The van der Waals surface area contributed by atoms with Crippen molar-refractivity contribution < 1.29 is 13.9 Å². The summed E-state index contributed by atoms with van der Waals surface area (Å²) in [5.74, 6) is 0. The molecule has 5 heteroatoms. The van der Waals surface area contributed by atoms with Crippen molar-refractivity contribution in [3.05, 3.63) is 55.9 Å². The second-order valence-electron chi connectivity index (χ2n) is 7.19. The van der Waals surface area contributed by atoms with E-state index in [1.165, 1.54) is 6.26 Å². The highest BCUT2D eigenvalue weighted by atomic mass is 16.4. The Balaban J connectivity index is 2.33. The molecule has 0 radical (unpaired) electrons. The van der Waals surface area contributed by atoms with Gasteiger partial charge in [-0.05, 0) is 36.3 Å². The van der Waals surface area contributed by atoms with Gasteiger partial charge in [0, 0.05) is 10.9 Å². The van der Waals surface area contributed by atoms with Crippen LogP contribution in [0.5, 0.6) is 0 Å². The van der Waals surface area contributed by atoms with Crippen LogP contribution in [0.25, 0.3) is 21.7 Å². The Labute approximate surface area is 137 Å². The zero-order valence-corrected chi connectivity index (χ0v) is 13.8. The number of furan rings is 1. The molecule has 124 valence electrons. The summed E-state index contributed by atoms with van der Waals surface area (Å²) in [6.45, 7) is 5.90. The Hall–Kier alpha value is -2.40. The fourth-order valence-electron chi connectivity index (χ4n) is 3.82. The van der Waals surface area contributed by atoms with Gasteiger partial charge in [-0.2, -0.15) is 0 Å². The molecule has 5 nitrogen and oxygen atoms in total. The van der Waals surface area contributed by atoms with Crippen molar-refractivity contribution in [1.29, 1.82) is 0 Å². The van der Waals surface area contributed by atoms with Crippen LogP contribution in [0, 0.1) is 6.92 Å². The second-order valence-corrected chi connectivity index (χ2v) is 7.19. The minimum absolute atomic E-state index is 0.165. The Morgan fingerprint density at radius 1 is 1.17 bits per heavy atom. The molecule has 0 fully saturated rings. The van der Waals surface area contributed by atoms with Crippen LogP contribution in [0.2, 0.25) is 0 Å². The van der Waals surface area contributed by atoms with E-state index in [0.717, 1.165) is 12.0 Å². The highest BCUT2D eigenvalue weighted by Crippen LogP contribution is 2.44. The molecule has 1 aromatic carbocycles. The van der Waals surface area contributed by atoms with Crippen LogP contribution in [0.15, 0.2) is 36.8 Å². The third-order valence-electron chi connectivity index (χ3n) is 5.16. The molecule has 0 unspecified atom stereocenters. The molecule has 1 aliphatic carbocycles. The van der Waals surface area contributed by atoms with E-state index < -0.39 is 17.4 Å². The number of rotatable bonds is 0. The largest absolute Gasteiger partial charge is 0.463 e. The van der Waals surface area contributed by atoms with Crippen LogP contribution in [0.1, 0.15) is 49.5 Å². The molecular weight excluding hydrogens is 308 g/mol. The summed E-state index contributed by atoms with van der Waals surface area (Å²) < 4.78 is 10.6. The predicted octanol–water partition coefficient (Wildman–Crippen LogP) is 3.31. The SMILES string of the molecule is Cc1coc2c1c(=O)oc(=O)c1c3c(ccc12)C(C)(C)CC[C@@H]3O. The minimum Gasteiger partial charge on any atom is -0.463 e. The highest BCUT2D eigenvalue weighted by Gasteiger charge is 2.34. The Kier molecular flexibility index (Phi) is 3.03. The smallest absolute Gasteiger partial charge is 0.350 e. The molecule has 1 N–H and O–H groups in total. The Bertz CT molecular complexity index is 1100. The van der Waals surface area contributed by atoms with Crippen LogP contribution < -0.4 is 11.3 Å². The Morgan fingerprint density at radius 2 is 1.88 bits per heavy atom. The van der Waals surface area contributed by atoms with E-state index in [0.29, 0.717) is 28.5 Å². The maximum Gasteiger partial charge on any atom is 0.350 e. The number of benzene rings is 1. The first-order valence-electron chi connectivity index (χ1n) is 8.01. The first kappa shape index (κ1) is 15.1.